The van der Waals surface area contributed by atoms with E-state index in [1.54, 1.807) is 0 Å². The Bertz CT molecular complexity index is 3170. The monoisotopic (exact) mass is 1150 g/mol. The Morgan fingerprint density at radius 2 is 0.591 bits per heavy atom. The molecule has 11 rings (SSSR count). The molecule has 0 atom stereocenters. The molecule has 0 saturated carbocycles. The average Bonchev–Trinajstić information content (AvgIpc) is 3.37. The molecule has 0 amide bonds. The van der Waals surface area contributed by atoms with Crippen molar-refractivity contribution in [2.24, 2.45) is 0 Å². The third-order valence-corrected chi connectivity index (χ3v) is 17.4. The first-order valence-corrected chi connectivity index (χ1v) is 24.4. The molecule has 4 heteroatoms. The second-order valence-electron chi connectivity index (χ2n) is 15.4. The minimum atomic E-state index is -1.14. The molecule has 0 heterocycles. The van der Waals surface area contributed by atoms with E-state index < -0.39 is 15.8 Å². The molecule has 0 N–H and O–H groups in total. The molecule has 11 aromatic rings. The molecule has 11 aromatic carbocycles. The third-order valence-electron chi connectivity index (χ3n) is 11.5. The third kappa shape index (κ3) is 10.6. The van der Waals surface area contributed by atoms with Crippen molar-refractivity contribution in [1.29, 1.82) is 0 Å². The molecule has 0 unspecified atom stereocenters. The van der Waals surface area contributed by atoms with Gasteiger partial charge in [-0.25, -0.2) is 0 Å². The Morgan fingerprint density at radius 3 is 0.970 bits per heavy atom. The summed E-state index contributed by atoms with van der Waals surface area (Å²) in [6.07, 6.45) is 14.8. The maximum atomic E-state index is 7.46. The van der Waals surface area contributed by atoms with Crippen LogP contribution in [0.15, 0.2) is 255 Å². The van der Waals surface area contributed by atoms with E-state index in [0.717, 1.165) is 43.4 Å². The summed E-state index contributed by atoms with van der Waals surface area (Å²) in [5.41, 5.74) is 1.74. The van der Waals surface area contributed by atoms with Crippen LogP contribution >= 0.6 is 15.8 Å². The zero-order valence-corrected chi connectivity index (χ0v) is 41.5. The number of hydrogen-bond acceptors (Lipinski definition) is 0. The van der Waals surface area contributed by atoms with Gasteiger partial charge in [0, 0.05) is 0 Å². The fraction of sp³-hybridized carbons (Fsp3) is 0. The van der Waals surface area contributed by atoms with E-state index in [4.69, 9.17) is 12.8 Å². The molecule has 0 bridgehead atoms. The summed E-state index contributed by atoms with van der Waals surface area (Å²) in [6.45, 7) is 0. The number of fused-ring (bicyclic) bond motifs is 5. The number of benzene rings is 11. The van der Waals surface area contributed by atoms with Crippen LogP contribution < -0.4 is 31.8 Å². The van der Waals surface area contributed by atoms with Gasteiger partial charge in [0.25, 0.3) is 0 Å². The van der Waals surface area contributed by atoms with Crippen LogP contribution in [0.4, 0.5) is 0 Å². The fourth-order valence-corrected chi connectivity index (χ4v) is 14.6. The molecule has 0 nitrogen and oxygen atoms in total. The molecule has 0 saturated heterocycles. The quantitative estimate of drug-likeness (QED) is 0.0389. The van der Waals surface area contributed by atoms with Crippen molar-refractivity contribution < 1.29 is 44.8 Å². The van der Waals surface area contributed by atoms with Crippen molar-refractivity contribution in [3.63, 3.8) is 0 Å². The van der Waals surface area contributed by atoms with Gasteiger partial charge in [0.05, 0.1) is 0 Å². The van der Waals surface area contributed by atoms with Crippen LogP contribution in [0.3, 0.4) is 0 Å². The van der Waals surface area contributed by atoms with Gasteiger partial charge in [-0.05, 0) is 93.7 Å². The van der Waals surface area contributed by atoms with Crippen LogP contribution in [0, 0.1) is 24.7 Å². The first-order valence-electron chi connectivity index (χ1n) is 21.4. The maximum Gasteiger partial charge on any atom is 1.00 e. The Kier molecular flexibility index (Phi) is 17.0. The molecule has 0 aliphatic carbocycles. The summed E-state index contributed by atoms with van der Waals surface area (Å²) in [5, 5.41) is 17.9. The van der Waals surface area contributed by atoms with E-state index in [1.807, 2.05) is 72.8 Å². The van der Waals surface area contributed by atoms with Gasteiger partial charge < -0.3 is 12.8 Å². The van der Waals surface area contributed by atoms with Crippen molar-refractivity contribution >= 4 is 90.8 Å². The predicted molar refractivity (Wildman–Crippen MR) is 282 cm³/mol. The molecule has 0 aliphatic rings. The zero-order valence-electron chi connectivity index (χ0n) is 35.9. The molecule has 322 valence electrons. The largest absolute Gasteiger partial charge is 1.00 e. The van der Waals surface area contributed by atoms with Gasteiger partial charge >= 0.3 is 44.8 Å². The van der Waals surface area contributed by atoms with E-state index in [9.17, 15) is 0 Å². The Hall–Kier alpha value is -6.08. The van der Waals surface area contributed by atoms with Crippen LogP contribution in [-0.2, 0) is 44.8 Å². The van der Waals surface area contributed by atoms with Gasteiger partial charge in [0.2, 0.25) is 0 Å². The van der Waals surface area contributed by atoms with Gasteiger partial charge in [-0.1, -0.05) is 198 Å². The second kappa shape index (κ2) is 23.4. The topological polar surface area (TPSA) is 0 Å². The molecular weight excluding hydrogens is 1110 g/mol. The Morgan fingerprint density at radius 1 is 0.288 bits per heavy atom. The summed E-state index contributed by atoms with van der Waals surface area (Å²) in [4.78, 5) is 0. The maximum absolute atomic E-state index is 7.46. The van der Waals surface area contributed by atoms with Crippen LogP contribution in [0.25, 0.3) is 43.1 Å². The molecular formula is C62H44AgAuP2+2. The standard InChI is InChI=1S/C30H24P2.2C16H9.Ag.Au/c1-5-15-25(16-6-1)31(26-17-7-2-8-18-26)29-23-13-14-24-30(29)32(27-19-9-3-10-20-27)28-21-11-4-12-22-28;1-2-14-15-9-5-3-7-12(15)11-13-8-4-6-10-16(13)14;1-2-12-11-13-7-3-4-9-15(13)16-10-6-5-8-14(12)16;;/h1-24H;2*3-11H;;/q;2*-1;2*+1/p+2. The zero-order chi connectivity index (χ0) is 43.5. The van der Waals surface area contributed by atoms with E-state index in [2.05, 4.69) is 194 Å². The van der Waals surface area contributed by atoms with Gasteiger partial charge in [-0.2, -0.15) is 0 Å². The van der Waals surface area contributed by atoms with Gasteiger partial charge in [0.15, 0.2) is 0 Å². The van der Waals surface area contributed by atoms with Crippen molar-refractivity contribution in [3.8, 4) is 11.8 Å². The van der Waals surface area contributed by atoms with Crippen molar-refractivity contribution in [2.75, 3.05) is 0 Å². The van der Waals surface area contributed by atoms with Gasteiger partial charge in [0.1, 0.15) is 47.7 Å². The summed E-state index contributed by atoms with van der Waals surface area (Å²) >= 11 is 0. The predicted octanol–water partition coefficient (Wildman–Crippen LogP) is 12.5. The average molecular weight is 1160 g/mol. The van der Waals surface area contributed by atoms with Crippen molar-refractivity contribution in [1.82, 2.24) is 0 Å². The molecule has 0 spiro atoms. The first-order chi connectivity index (χ1) is 31.7. The molecule has 0 aliphatic heterocycles. The normalized spacial score (nSPS) is 10.4. The van der Waals surface area contributed by atoms with Crippen LogP contribution in [0.1, 0.15) is 11.1 Å². The molecule has 0 aromatic heterocycles. The summed E-state index contributed by atoms with van der Waals surface area (Å²) < 4.78 is 0. The van der Waals surface area contributed by atoms with Crippen LogP contribution in [0.2, 0.25) is 0 Å². The SMILES string of the molecule is [Ag+].[Au+].[C-]#Cc1c2ccccc2cc2ccccc12.[C-]#Cc1cc2ccccc2c2ccccc12.c1ccc([PH+](c2ccccc2)c2ccccc2[PH+](c2ccccc2)c2ccccc2)cc1. The number of rotatable bonds is 6. The smallest absolute Gasteiger partial charge is 0.366 e. The van der Waals surface area contributed by atoms with E-state index in [1.165, 1.54) is 42.6 Å². The van der Waals surface area contributed by atoms with Crippen LogP contribution in [0.5, 0.6) is 0 Å². The minimum Gasteiger partial charge on any atom is -0.366 e. The first kappa shape index (κ1) is 47.9. The van der Waals surface area contributed by atoms with Gasteiger partial charge in [-0.3, -0.25) is 11.8 Å². The van der Waals surface area contributed by atoms with E-state index in [0.29, 0.717) is 0 Å². The van der Waals surface area contributed by atoms with E-state index >= 15 is 0 Å². The summed E-state index contributed by atoms with van der Waals surface area (Å²) in [6, 6.07) is 90.3. The van der Waals surface area contributed by atoms with E-state index in [-0.39, 0.29) is 44.8 Å². The Labute approximate surface area is 422 Å². The van der Waals surface area contributed by atoms with Crippen molar-refractivity contribution in [2.45, 2.75) is 0 Å². The van der Waals surface area contributed by atoms with Crippen molar-refractivity contribution in [3.05, 3.63) is 279 Å². The summed E-state index contributed by atoms with van der Waals surface area (Å²) in [5.74, 6) is 5.08. The Balaban J connectivity index is 0.000000160. The molecule has 0 fully saturated rings. The van der Waals surface area contributed by atoms with Crippen LogP contribution in [-0.4, -0.2) is 0 Å². The summed E-state index contributed by atoms with van der Waals surface area (Å²) in [7, 11) is -2.28. The second-order valence-corrected chi connectivity index (χ2v) is 20.3. The van der Waals surface area contributed by atoms with Gasteiger partial charge in [-0.15, -0.1) is 17.2 Å². The fourth-order valence-electron chi connectivity index (χ4n) is 8.60. The molecule has 0 radical (unpaired) electrons. The minimum absolute atomic E-state index is 0. The number of hydrogen-bond donors (Lipinski definition) is 0. The molecule has 66 heavy (non-hydrogen) atoms.